The van der Waals surface area contributed by atoms with Crippen molar-refractivity contribution < 1.29 is 9.53 Å². The number of nitrogens with zero attached hydrogens (tertiary/aromatic N) is 1. The number of likely N-dealkylation sites (tertiary alicyclic amines) is 1. The summed E-state index contributed by atoms with van der Waals surface area (Å²) in [6.07, 6.45) is 4.15. The van der Waals surface area contributed by atoms with E-state index in [1.165, 1.54) is 24.0 Å². The lowest BCUT2D eigenvalue weighted by atomic mass is 9.84. The Balaban J connectivity index is 1.86. The van der Waals surface area contributed by atoms with Crippen molar-refractivity contribution in [2.45, 2.75) is 51.6 Å². The van der Waals surface area contributed by atoms with Crippen LogP contribution in [0.1, 0.15) is 50.3 Å². The summed E-state index contributed by atoms with van der Waals surface area (Å²) in [5, 5.41) is 0. The molecule has 2 aromatic rings. The van der Waals surface area contributed by atoms with Gasteiger partial charge in [0.1, 0.15) is 0 Å². The van der Waals surface area contributed by atoms with Crippen molar-refractivity contribution in [1.82, 2.24) is 4.90 Å². The molecule has 144 valence electrons. The second kappa shape index (κ2) is 9.70. The Labute approximate surface area is 163 Å². The van der Waals surface area contributed by atoms with E-state index >= 15 is 0 Å². The summed E-state index contributed by atoms with van der Waals surface area (Å²) in [5.41, 5.74) is 2.51. The summed E-state index contributed by atoms with van der Waals surface area (Å²) in [7, 11) is 0. The molecule has 1 fully saturated rings. The quantitative estimate of drug-likeness (QED) is 0.645. The summed E-state index contributed by atoms with van der Waals surface area (Å²) in [5.74, 6) is -0.183. The van der Waals surface area contributed by atoms with E-state index in [2.05, 4.69) is 54.3 Å². The Hall–Kier alpha value is -2.13. The molecule has 0 N–H and O–H groups in total. The number of rotatable bonds is 7. The number of hydrogen-bond acceptors (Lipinski definition) is 3. The van der Waals surface area contributed by atoms with Gasteiger partial charge < -0.3 is 4.74 Å². The predicted molar refractivity (Wildman–Crippen MR) is 109 cm³/mol. The molecule has 0 saturated carbocycles. The molecule has 1 aliphatic rings. The Morgan fingerprint density at radius 1 is 1.07 bits per heavy atom. The van der Waals surface area contributed by atoms with Gasteiger partial charge >= 0.3 is 5.97 Å². The highest BCUT2D eigenvalue weighted by molar-refractivity contribution is 5.73. The first-order chi connectivity index (χ1) is 13.2. The lowest BCUT2D eigenvalue weighted by molar-refractivity contribution is -0.151. The summed E-state index contributed by atoms with van der Waals surface area (Å²) in [6, 6.07) is 21.5. The molecule has 0 bridgehead atoms. The Kier molecular flexibility index (Phi) is 7.05. The maximum Gasteiger partial charge on any atom is 0.310 e. The number of esters is 1. The lowest BCUT2D eigenvalue weighted by Gasteiger charge is -2.43. The molecule has 1 aliphatic heterocycles. The van der Waals surface area contributed by atoms with Crippen LogP contribution in [0, 0.1) is 5.92 Å². The highest BCUT2D eigenvalue weighted by Gasteiger charge is 2.37. The monoisotopic (exact) mass is 365 g/mol. The molecule has 27 heavy (non-hydrogen) atoms. The zero-order valence-corrected chi connectivity index (χ0v) is 16.5. The van der Waals surface area contributed by atoms with E-state index in [0.717, 1.165) is 19.4 Å². The number of benzene rings is 2. The van der Waals surface area contributed by atoms with Crippen molar-refractivity contribution in [3.8, 4) is 0 Å². The summed E-state index contributed by atoms with van der Waals surface area (Å²) >= 11 is 0. The van der Waals surface area contributed by atoms with Crippen LogP contribution in [0.25, 0.3) is 0 Å². The van der Waals surface area contributed by atoms with Crippen LogP contribution in [0.4, 0.5) is 0 Å². The number of ether oxygens (including phenoxy) is 1. The first-order valence-electron chi connectivity index (χ1n) is 10.2. The molecular weight excluding hydrogens is 334 g/mol. The summed E-state index contributed by atoms with van der Waals surface area (Å²) in [4.78, 5) is 15.4. The Morgan fingerprint density at radius 3 is 2.41 bits per heavy atom. The van der Waals surface area contributed by atoms with Gasteiger partial charge in [-0.25, -0.2) is 0 Å². The van der Waals surface area contributed by atoms with Crippen LogP contribution in [0.15, 0.2) is 60.7 Å². The minimum absolute atomic E-state index is 0.0569. The third kappa shape index (κ3) is 4.98. The maximum absolute atomic E-state index is 12.9. The SMILES string of the molecule is CCOC(=O)[C@@H](Cc1ccccc1)[C@@H]1CCCCN1[C@@H](C)c1ccccc1. The van der Waals surface area contributed by atoms with Gasteiger partial charge in [0, 0.05) is 12.1 Å². The van der Waals surface area contributed by atoms with Crippen molar-refractivity contribution in [3.05, 3.63) is 71.8 Å². The fourth-order valence-corrected chi connectivity index (χ4v) is 4.31. The smallest absolute Gasteiger partial charge is 0.310 e. The standard InChI is InChI=1S/C24H31NO2/c1-3-27-24(26)22(18-20-12-6-4-7-13-20)23-16-10-11-17-25(23)19(2)21-14-8-5-9-15-21/h4-9,12-15,19,22-23H,3,10-11,16-18H2,1-2H3/t19-,22-,23-/m0/s1. The molecule has 3 nitrogen and oxygen atoms in total. The van der Waals surface area contributed by atoms with Gasteiger partial charge in [-0.2, -0.15) is 0 Å². The van der Waals surface area contributed by atoms with Gasteiger partial charge in [0.15, 0.2) is 0 Å². The van der Waals surface area contributed by atoms with Gasteiger partial charge in [-0.3, -0.25) is 9.69 Å². The zero-order chi connectivity index (χ0) is 19.1. The van der Waals surface area contributed by atoms with Crippen molar-refractivity contribution in [2.75, 3.05) is 13.2 Å². The topological polar surface area (TPSA) is 29.5 Å². The first-order valence-corrected chi connectivity index (χ1v) is 10.2. The number of piperidine rings is 1. The van der Waals surface area contributed by atoms with Crippen molar-refractivity contribution >= 4 is 5.97 Å². The fourth-order valence-electron chi connectivity index (χ4n) is 4.31. The van der Waals surface area contributed by atoms with Gasteiger partial charge in [-0.05, 0) is 50.8 Å². The third-order valence-corrected chi connectivity index (χ3v) is 5.72. The molecule has 0 spiro atoms. The van der Waals surface area contributed by atoms with E-state index in [1.54, 1.807) is 0 Å². The average molecular weight is 366 g/mol. The van der Waals surface area contributed by atoms with E-state index in [4.69, 9.17) is 4.74 Å². The first kappa shape index (κ1) is 19.6. The molecule has 1 heterocycles. The molecule has 3 rings (SSSR count). The van der Waals surface area contributed by atoms with E-state index < -0.39 is 0 Å². The highest BCUT2D eigenvalue weighted by Crippen LogP contribution is 2.33. The lowest BCUT2D eigenvalue weighted by Crippen LogP contribution is -2.48. The molecule has 3 atom stereocenters. The molecule has 2 aromatic carbocycles. The van der Waals surface area contributed by atoms with Crippen molar-refractivity contribution in [3.63, 3.8) is 0 Å². The number of carbonyl (C=O) groups excluding carboxylic acids is 1. The second-order valence-corrected chi connectivity index (χ2v) is 7.44. The Bertz CT molecular complexity index is 701. The van der Waals surface area contributed by atoms with Gasteiger partial charge in [0.25, 0.3) is 0 Å². The molecule has 1 saturated heterocycles. The number of carbonyl (C=O) groups is 1. The van der Waals surface area contributed by atoms with Crippen LogP contribution in [-0.4, -0.2) is 30.1 Å². The van der Waals surface area contributed by atoms with E-state index in [1.807, 2.05) is 25.1 Å². The average Bonchev–Trinajstić information content (AvgIpc) is 2.73. The fraction of sp³-hybridized carbons (Fsp3) is 0.458. The van der Waals surface area contributed by atoms with Crippen LogP contribution >= 0.6 is 0 Å². The summed E-state index contributed by atoms with van der Waals surface area (Å²) < 4.78 is 5.50. The molecule has 0 amide bonds. The van der Waals surface area contributed by atoms with Crippen LogP contribution in [0.5, 0.6) is 0 Å². The van der Waals surface area contributed by atoms with Crippen LogP contribution < -0.4 is 0 Å². The zero-order valence-electron chi connectivity index (χ0n) is 16.5. The van der Waals surface area contributed by atoms with Gasteiger partial charge in [-0.1, -0.05) is 67.1 Å². The molecule has 0 aromatic heterocycles. The second-order valence-electron chi connectivity index (χ2n) is 7.44. The third-order valence-electron chi connectivity index (χ3n) is 5.72. The minimum Gasteiger partial charge on any atom is -0.466 e. The van der Waals surface area contributed by atoms with Crippen molar-refractivity contribution in [2.24, 2.45) is 5.92 Å². The van der Waals surface area contributed by atoms with Gasteiger partial charge in [0.05, 0.1) is 12.5 Å². The highest BCUT2D eigenvalue weighted by atomic mass is 16.5. The molecule has 0 aliphatic carbocycles. The largest absolute Gasteiger partial charge is 0.466 e. The van der Waals surface area contributed by atoms with Crippen LogP contribution in [0.3, 0.4) is 0 Å². The Morgan fingerprint density at radius 2 is 1.74 bits per heavy atom. The maximum atomic E-state index is 12.9. The summed E-state index contributed by atoms with van der Waals surface area (Å²) in [6.45, 7) is 5.62. The molecule has 3 heteroatoms. The van der Waals surface area contributed by atoms with E-state index in [9.17, 15) is 4.79 Å². The molecule has 0 radical (unpaired) electrons. The normalized spacial score (nSPS) is 20.0. The van der Waals surface area contributed by atoms with Gasteiger partial charge in [-0.15, -0.1) is 0 Å². The van der Waals surface area contributed by atoms with Gasteiger partial charge in [0.2, 0.25) is 0 Å². The van der Waals surface area contributed by atoms with Crippen molar-refractivity contribution in [1.29, 1.82) is 0 Å². The van der Waals surface area contributed by atoms with Crippen LogP contribution in [-0.2, 0) is 16.0 Å². The molecule has 0 unspecified atom stereocenters. The predicted octanol–water partition coefficient (Wildman–Crippen LogP) is 5.02. The van der Waals surface area contributed by atoms with E-state index in [0.29, 0.717) is 12.6 Å². The minimum atomic E-state index is -0.126. The van der Waals surface area contributed by atoms with Crippen LogP contribution in [0.2, 0.25) is 0 Å². The number of hydrogen-bond donors (Lipinski definition) is 0. The van der Waals surface area contributed by atoms with E-state index in [-0.39, 0.29) is 17.9 Å². The molecular formula is C24H31NO2.